The highest BCUT2D eigenvalue weighted by Crippen LogP contribution is 2.35. The average Bonchev–Trinajstić information content (AvgIpc) is 2.46. The Morgan fingerprint density at radius 2 is 1.44 bits per heavy atom. The van der Waals surface area contributed by atoms with Gasteiger partial charge in [-0.25, -0.2) is 0 Å². The second-order valence-corrected chi connectivity index (χ2v) is 4.69. The van der Waals surface area contributed by atoms with Crippen molar-refractivity contribution in [2.45, 2.75) is 12.5 Å². The van der Waals surface area contributed by atoms with E-state index in [-0.39, 0.29) is 11.3 Å². The third kappa shape index (κ3) is 5.03. The minimum Gasteiger partial charge on any atom is -0.457 e. The van der Waals surface area contributed by atoms with Gasteiger partial charge in [-0.3, -0.25) is 4.79 Å². The summed E-state index contributed by atoms with van der Waals surface area (Å²) in [6.45, 7) is 0. The number of amides is 1. The third-order valence-corrected chi connectivity index (χ3v) is 2.86. The standard InChI is InChI=1S/C15H9F6NO3/c16-14(17,18)8-1-6-11(13(22)23)12(7-8)24-9-2-4-10(5-3-9)25-15(19,20)21/h1-7H,(H2,22,23). The molecule has 0 saturated carbocycles. The van der Waals surface area contributed by atoms with Gasteiger partial charge in [-0.05, 0) is 42.5 Å². The van der Waals surface area contributed by atoms with E-state index in [1.807, 2.05) is 0 Å². The molecule has 10 heteroatoms. The van der Waals surface area contributed by atoms with Gasteiger partial charge >= 0.3 is 12.5 Å². The zero-order valence-electron chi connectivity index (χ0n) is 12.1. The fourth-order valence-corrected chi connectivity index (χ4v) is 1.82. The first-order chi connectivity index (χ1) is 11.5. The molecule has 134 valence electrons. The number of halogens is 6. The van der Waals surface area contributed by atoms with Gasteiger partial charge < -0.3 is 15.2 Å². The van der Waals surface area contributed by atoms with Crippen LogP contribution in [-0.2, 0) is 6.18 Å². The summed E-state index contributed by atoms with van der Waals surface area (Å²) in [6, 6.07) is 5.95. The first-order valence-corrected chi connectivity index (χ1v) is 6.50. The lowest BCUT2D eigenvalue weighted by Gasteiger charge is -2.13. The summed E-state index contributed by atoms with van der Waals surface area (Å²) < 4.78 is 83.3. The number of benzene rings is 2. The van der Waals surface area contributed by atoms with Crippen LogP contribution in [0.4, 0.5) is 26.3 Å². The van der Waals surface area contributed by atoms with Crippen molar-refractivity contribution < 1.29 is 40.6 Å². The lowest BCUT2D eigenvalue weighted by molar-refractivity contribution is -0.274. The number of alkyl halides is 6. The fourth-order valence-electron chi connectivity index (χ4n) is 1.82. The molecule has 2 rings (SSSR count). The molecule has 0 heterocycles. The molecule has 0 fully saturated rings. The Bertz CT molecular complexity index is 768. The van der Waals surface area contributed by atoms with Crippen LogP contribution in [0, 0.1) is 0 Å². The molecule has 0 aliphatic heterocycles. The molecule has 0 aliphatic carbocycles. The molecule has 0 aromatic heterocycles. The molecule has 4 nitrogen and oxygen atoms in total. The van der Waals surface area contributed by atoms with Crippen LogP contribution in [0.25, 0.3) is 0 Å². The van der Waals surface area contributed by atoms with Gasteiger partial charge in [0.15, 0.2) is 0 Å². The first kappa shape index (κ1) is 18.4. The number of hydrogen-bond donors (Lipinski definition) is 1. The van der Waals surface area contributed by atoms with Crippen LogP contribution >= 0.6 is 0 Å². The van der Waals surface area contributed by atoms with Gasteiger partial charge in [0.05, 0.1) is 11.1 Å². The Kier molecular flexibility index (Phi) is 4.82. The number of carbonyl (C=O) groups is 1. The van der Waals surface area contributed by atoms with E-state index in [0.717, 1.165) is 30.3 Å². The molecule has 2 aromatic carbocycles. The molecule has 2 N–H and O–H groups in total. The van der Waals surface area contributed by atoms with E-state index in [4.69, 9.17) is 10.5 Å². The summed E-state index contributed by atoms with van der Waals surface area (Å²) in [5.74, 6) is -2.16. The maximum absolute atomic E-state index is 12.8. The van der Waals surface area contributed by atoms with E-state index in [2.05, 4.69) is 4.74 Å². The van der Waals surface area contributed by atoms with Crippen molar-refractivity contribution in [3.8, 4) is 17.2 Å². The second-order valence-electron chi connectivity index (χ2n) is 4.69. The van der Waals surface area contributed by atoms with E-state index in [1.165, 1.54) is 0 Å². The monoisotopic (exact) mass is 365 g/mol. The highest BCUT2D eigenvalue weighted by Gasteiger charge is 2.32. The molecule has 0 radical (unpaired) electrons. The van der Waals surface area contributed by atoms with Crippen molar-refractivity contribution in [1.29, 1.82) is 0 Å². The van der Waals surface area contributed by atoms with Gasteiger partial charge in [-0.1, -0.05) is 0 Å². The lowest BCUT2D eigenvalue weighted by Crippen LogP contribution is -2.17. The minimum absolute atomic E-state index is 0.114. The predicted molar refractivity (Wildman–Crippen MR) is 73.2 cm³/mol. The molecule has 25 heavy (non-hydrogen) atoms. The van der Waals surface area contributed by atoms with Crippen molar-refractivity contribution >= 4 is 5.91 Å². The van der Waals surface area contributed by atoms with E-state index < -0.39 is 35.5 Å². The predicted octanol–water partition coefficient (Wildman–Crippen LogP) is 4.50. The Labute approximate surface area is 136 Å². The van der Waals surface area contributed by atoms with Crippen molar-refractivity contribution in [2.75, 3.05) is 0 Å². The number of ether oxygens (including phenoxy) is 2. The molecule has 2 aromatic rings. The Hall–Kier alpha value is -2.91. The van der Waals surface area contributed by atoms with E-state index in [9.17, 15) is 31.1 Å². The highest BCUT2D eigenvalue weighted by molar-refractivity contribution is 5.95. The van der Waals surface area contributed by atoms with Gasteiger partial charge in [0, 0.05) is 0 Å². The summed E-state index contributed by atoms with van der Waals surface area (Å²) in [5, 5.41) is 0. The van der Waals surface area contributed by atoms with Crippen molar-refractivity contribution in [3.63, 3.8) is 0 Å². The summed E-state index contributed by atoms with van der Waals surface area (Å²) in [5.41, 5.74) is 3.68. The van der Waals surface area contributed by atoms with Crippen LogP contribution in [0.15, 0.2) is 42.5 Å². The fraction of sp³-hybridized carbons (Fsp3) is 0.133. The van der Waals surface area contributed by atoms with Crippen LogP contribution in [-0.4, -0.2) is 12.3 Å². The van der Waals surface area contributed by atoms with Crippen LogP contribution in [0.5, 0.6) is 17.2 Å². The smallest absolute Gasteiger partial charge is 0.457 e. The molecular weight excluding hydrogens is 356 g/mol. The molecule has 0 bridgehead atoms. The maximum Gasteiger partial charge on any atom is 0.573 e. The van der Waals surface area contributed by atoms with E-state index in [1.54, 1.807) is 0 Å². The number of primary amides is 1. The van der Waals surface area contributed by atoms with E-state index >= 15 is 0 Å². The highest BCUT2D eigenvalue weighted by atomic mass is 19.4. The Morgan fingerprint density at radius 3 is 1.92 bits per heavy atom. The molecule has 0 spiro atoms. The third-order valence-electron chi connectivity index (χ3n) is 2.86. The van der Waals surface area contributed by atoms with Gasteiger partial charge in [0.2, 0.25) is 0 Å². The second kappa shape index (κ2) is 6.54. The number of hydrogen-bond acceptors (Lipinski definition) is 3. The molecule has 0 unspecified atom stereocenters. The Morgan fingerprint density at radius 1 is 0.880 bits per heavy atom. The SMILES string of the molecule is NC(=O)c1ccc(C(F)(F)F)cc1Oc1ccc(OC(F)(F)F)cc1. The number of carbonyl (C=O) groups excluding carboxylic acids is 1. The van der Waals surface area contributed by atoms with Crippen LogP contribution < -0.4 is 15.2 Å². The van der Waals surface area contributed by atoms with Gasteiger partial charge in [0.1, 0.15) is 17.2 Å². The van der Waals surface area contributed by atoms with Crippen LogP contribution in [0.3, 0.4) is 0 Å². The van der Waals surface area contributed by atoms with Crippen molar-refractivity contribution in [2.24, 2.45) is 5.73 Å². The summed E-state index contributed by atoms with van der Waals surface area (Å²) in [4.78, 5) is 11.3. The number of rotatable bonds is 4. The van der Waals surface area contributed by atoms with Gasteiger partial charge in [-0.15, -0.1) is 13.2 Å². The zero-order chi connectivity index (χ0) is 18.8. The molecule has 0 atom stereocenters. The summed E-state index contributed by atoms with van der Waals surface area (Å²) in [6.07, 6.45) is -9.57. The minimum atomic E-state index is -4.89. The quantitative estimate of drug-likeness (QED) is 0.812. The van der Waals surface area contributed by atoms with E-state index in [0.29, 0.717) is 12.1 Å². The largest absolute Gasteiger partial charge is 0.573 e. The number of nitrogens with two attached hydrogens (primary N) is 1. The topological polar surface area (TPSA) is 61.6 Å². The molecule has 0 saturated heterocycles. The van der Waals surface area contributed by atoms with Crippen LogP contribution in [0.2, 0.25) is 0 Å². The maximum atomic E-state index is 12.8. The van der Waals surface area contributed by atoms with Gasteiger partial charge in [-0.2, -0.15) is 13.2 Å². The first-order valence-electron chi connectivity index (χ1n) is 6.50. The summed E-state index contributed by atoms with van der Waals surface area (Å²) >= 11 is 0. The summed E-state index contributed by atoms with van der Waals surface area (Å²) in [7, 11) is 0. The van der Waals surface area contributed by atoms with Crippen LogP contribution in [0.1, 0.15) is 15.9 Å². The van der Waals surface area contributed by atoms with Crippen molar-refractivity contribution in [3.05, 3.63) is 53.6 Å². The van der Waals surface area contributed by atoms with Gasteiger partial charge in [0.25, 0.3) is 5.91 Å². The normalized spacial score (nSPS) is 11.9. The average molecular weight is 365 g/mol. The molecular formula is C15H9F6NO3. The lowest BCUT2D eigenvalue weighted by atomic mass is 10.1. The molecule has 1 amide bonds. The Balaban J connectivity index is 2.30. The molecule has 0 aliphatic rings. The van der Waals surface area contributed by atoms with Crippen molar-refractivity contribution in [1.82, 2.24) is 0 Å². The zero-order valence-corrected chi connectivity index (χ0v) is 12.1.